The van der Waals surface area contributed by atoms with Crippen LogP contribution in [0.3, 0.4) is 0 Å². The van der Waals surface area contributed by atoms with Crippen LogP contribution in [0.25, 0.3) is 0 Å². The predicted octanol–water partition coefficient (Wildman–Crippen LogP) is 3.48. The lowest BCUT2D eigenvalue weighted by Crippen LogP contribution is -2.42. The van der Waals surface area contributed by atoms with Crippen LogP contribution in [0.5, 0.6) is 0 Å². The summed E-state index contributed by atoms with van der Waals surface area (Å²) in [5.41, 5.74) is 2.61. The number of ether oxygens (including phenoxy) is 2. The number of nitrogens with zero attached hydrogens (tertiary/aromatic N) is 2. The largest absolute Gasteiger partial charge is 0.468 e. The van der Waals surface area contributed by atoms with Gasteiger partial charge in [-0.2, -0.15) is 0 Å². The Morgan fingerprint density at radius 3 is 2.55 bits per heavy atom. The predicted molar refractivity (Wildman–Crippen MR) is 111 cm³/mol. The molecule has 0 radical (unpaired) electrons. The van der Waals surface area contributed by atoms with Crippen molar-refractivity contribution >= 4 is 12.1 Å². The Labute approximate surface area is 174 Å². The third-order valence-corrected chi connectivity index (χ3v) is 6.48. The van der Waals surface area contributed by atoms with Crippen molar-refractivity contribution in [3.63, 3.8) is 0 Å². The van der Waals surface area contributed by atoms with Crippen LogP contribution in [0.1, 0.15) is 45.2 Å². The van der Waals surface area contributed by atoms with Crippen molar-refractivity contribution < 1.29 is 19.1 Å². The molecule has 0 bridgehead atoms. The summed E-state index contributed by atoms with van der Waals surface area (Å²) in [6.45, 7) is 11.4. The highest BCUT2D eigenvalue weighted by Crippen LogP contribution is 2.30. The number of benzene rings is 1. The Kier molecular flexibility index (Phi) is 6.52. The van der Waals surface area contributed by atoms with Crippen LogP contribution in [0, 0.1) is 11.3 Å². The van der Waals surface area contributed by atoms with Gasteiger partial charge in [-0.25, -0.2) is 4.79 Å². The first kappa shape index (κ1) is 21.6. The maximum absolute atomic E-state index is 12.8. The molecule has 6 nitrogen and oxygen atoms in total. The first-order valence-corrected chi connectivity index (χ1v) is 10.5. The number of carbonyl (C=O) groups is 2. The average molecular weight is 403 g/mol. The SMILES string of the molecule is COC(=O)[C@@H]1C[C@@H](OC(=O)N2CCc3ccccc3C2)CN1C[C@@H](C)C(C)(C)C. The van der Waals surface area contributed by atoms with E-state index in [1.54, 1.807) is 4.90 Å². The Morgan fingerprint density at radius 1 is 1.21 bits per heavy atom. The Bertz CT molecular complexity index is 743. The van der Waals surface area contributed by atoms with Gasteiger partial charge in [0.15, 0.2) is 0 Å². The van der Waals surface area contributed by atoms with E-state index >= 15 is 0 Å². The molecule has 29 heavy (non-hydrogen) atoms. The van der Waals surface area contributed by atoms with Crippen molar-refractivity contribution in [3.8, 4) is 0 Å². The molecule has 1 fully saturated rings. The monoisotopic (exact) mass is 402 g/mol. The molecule has 1 aromatic carbocycles. The highest BCUT2D eigenvalue weighted by Gasteiger charge is 2.41. The summed E-state index contributed by atoms with van der Waals surface area (Å²) in [7, 11) is 1.41. The quantitative estimate of drug-likeness (QED) is 0.722. The lowest BCUT2D eigenvalue weighted by Gasteiger charge is -2.33. The zero-order valence-electron chi connectivity index (χ0n) is 18.3. The third kappa shape index (κ3) is 5.10. The summed E-state index contributed by atoms with van der Waals surface area (Å²) in [4.78, 5) is 29.0. The number of methoxy groups -OCH3 is 1. The number of esters is 1. The van der Waals surface area contributed by atoms with Gasteiger partial charge in [-0.1, -0.05) is 52.0 Å². The molecular formula is C23H34N2O4. The topological polar surface area (TPSA) is 59.1 Å². The Hall–Kier alpha value is -2.08. The Balaban J connectivity index is 1.62. The van der Waals surface area contributed by atoms with Gasteiger partial charge in [0.2, 0.25) is 0 Å². The molecular weight excluding hydrogens is 368 g/mol. The molecule has 0 spiro atoms. The molecule has 2 aliphatic rings. The second kappa shape index (κ2) is 8.74. The molecule has 3 rings (SSSR count). The summed E-state index contributed by atoms with van der Waals surface area (Å²) in [6.07, 6.45) is 0.741. The van der Waals surface area contributed by atoms with E-state index in [-0.39, 0.29) is 29.6 Å². The highest BCUT2D eigenvalue weighted by molar-refractivity contribution is 5.76. The first-order valence-electron chi connectivity index (χ1n) is 10.5. The van der Waals surface area contributed by atoms with Gasteiger partial charge >= 0.3 is 12.1 Å². The van der Waals surface area contributed by atoms with Crippen LogP contribution in [-0.4, -0.2) is 60.8 Å². The van der Waals surface area contributed by atoms with Crippen molar-refractivity contribution in [1.29, 1.82) is 0 Å². The lowest BCUT2D eigenvalue weighted by molar-refractivity contribution is -0.146. The molecule has 2 heterocycles. The number of hydrogen-bond donors (Lipinski definition) is 0. The van der Waals surface area contributed by atoms with Crippen LogP contribution < -0.4 is 0 Å². The fourth-order valence-corrected chi connectivity index (χ4v) is 4.02. The summed E-state index contributed by atoms with van der Waals surface area (Å²) in [5, 5.41) is 0. The van der Waals surface area contributed by atoms with Crippen LogP contribution in [-0.2, 0) is 27.2 Å². The minimum absolute atomic E-state index is 0.136. The summed E-state index contributed by atoms with van der Waals surface area (Å²) in [5.74, 6) is 0.138. The highest BCUT2D eigenvalue weighted by atomic mass is 16.6. The molecule has 0 unspecified atom stereocenters. The lowest BCUT2D eigenvalue weighted by atomic mass is 9.82. The van der Waals surface area contributed by atoms with Gasteiger partial charge in [0, 0.05) is 32.6 Å². The van der Waals surface area contributed by atoms with Crippen LogP contribution in [0.4, 0.5) is 4.79 Å². The van der Waals surface area contributed by atoms with Gasteiger partial charge in [-0.15, -0.1) is 0 Å². The van der Waals surface area contributed by atoms with Crippen LogP contribution in [0.15, 0.2) is 24.3 Å². The van der Waals surface area contributed by atoms with Gasteiger partial charge in [-0.05, 0) is 28.9 Å². The Morgan fingerprint density at radius 2 is 1.90 bits per heavy atom. The maximum Gasteiger partial charge on any atom is 0.410 e. The molecule has 0 aliphatic carbocycles. The van der Waals surface area contributed by atoms with E-state index in [0.29, 0.717) is 32.0 Å². The summed E-state index contributed by atoms with van der Waals surface area (Å²) < 4.78 is 10.8. The third-order valence-electron chi connectivity index (χ3n) is 6.48. The number of fused-ring (bicyclic) bond motifs is 1. The number of hydrogen-bond acceptors (Lipinski definition) is 5. The number of likely N-dealkylation sites (tertiary alicyclic amines) is 1. The van der Waals surface area contributed by atoms with Crippen LogP contribution in [0.2, 0.25) is 0 Å². The van der Waals surface area contributed by atoms with Gasteiger partial charge < -0.3 is 14.4 Å². The molecule has 0 N–H and O–H groups in total. The summed E-state index contributed by atoms with van der Waals surface area (Å²) >= 11 is 0. The first-order chi connectivity index (χ1) is 13.7. The van der Waals surface area contributed by atoms with Gasteiger partial charge in [0.05, 0.1) is 7.11 Å². The zero-order chi connectivity index (χ0) is 21.2. The normalized spacial score (nSPS) is 23.4. The second-order valence-corrected chi connectivity index (χ2v) is 9.44. The van der Waals surface area contributed by atoms with Gasteiger partial charge in [0.25, 0.3) is 0 Å². The average Bonchev–Trinajstić information content (AvgIpc) is 3.08. The molecule has 1 amide bonds. The molecule has 3 atom stereocenters. The number of rotatable bonds is 4. The molecule has 1 aromatic rings. The van der Waals surface area contributed by atoms with Crippen LogP contribution >= 0.6 is 0 Å². The van der Waals surface area contributed by atoms with Crippen molar-refractivity contribution in [3.05, 3.63) is 35.4 Å². The molecule has 1 saturated heterocycles. The van der Waals surface area contributed by atoms with Crippen molar-refractivity contribution in [2.24, 2.45) is 11.3 Å². The van der Waals surface area contributed by atoms with E-state index in [4.69, 9.17) is 9.47 Å². The second-order valence-electron chi connectivity index (χ2n) is 9.44. The molecule has 6 heteroatoms. The van der Waals surface area contributed by atoms with E-state index in [2.05, 4.69) is 44.7 Å². The minimum atomic E-state index is -0.357. The van der Waals surface area contributed by atoms with Gasteiger partial charge in [0.1, 0.15) is 12.1 Å². The molecule has 0 aromatic heterocycles. The van der Waals surface area contributed by atoms with E-state index in [1.165, 1.54) is 18.2 Å². The van der Waals surface area contributed by atoms with E-state index in [0.717, 1.165) is 13.0 Å². The number of amides is 1. The number of carbonyl (C=O) groups excluding carboxylic acids is 2. The maximum atomic E-state index is 12.8. The molecule has 160 valence electrons. The van der Waals surface area contributed by atoms with Gasteiger partial charge in [-0.3, -0.25) is 9.69 Å². The van der Waals surface area contributed by atoms with E-state index in [1.807, 2.05) is 12.1 Å². The molecule has 2 aliphatic heterocycles. The molecule has 0 saturated carbocycles. The van der Waals surface area contributed by atoms with Crippen molar-refractivity contribution in [2.75, 3.05) is 26.7 Å². The fourth-order valence-electron chi connectivity index (χ4n) is 4.02. The van der Waals surface area contributed by atoms with Crippen molar-refractivity contribution in [2.45, 2.75) is 59.2 Å². The fraction of sp³-hybridized carbons (Fsp3) is 0.652. The summed E-state index contributed by atoms with van der Waals surface area (Å²) in [6, 6.07) is 7.85. The van der Waals surface area contributed by atoms with E-state index < -0.39 is 0 Å². The van der Waals surface area contributed by atoms with Crippen molar-refractivity contribution in [1.82, 2.24) is 9.80 Å². The van der Waals surface area contributed by atoms with E-state index in [9.17, 15) is 9.59 Å². The standard InChI is InChI=1S/C23H34N2O4/c1-16(23(2,3)4)13-25-15-19(12-20(25)21(26)28-5)29-22(27)24-11-10-17-8-6-7-9-18(17)14-24/h6-9,16,19-20H,10-15H2,1-5H3/t16-,19-,20+/m1/s1. The minimum Gasteiger partial charge on any atom is -0.468 e. The smallest absolute Gasteiger partial charge is 0.410 e. The zero-order valence-corrected chi connectivity index (χ0v) is 18.3.